The van der Waals surface area contributed by atoms with Gasteiger partial charge in [0.05, 0.1) is 10.7 Å². The van der Waals surface area contributed by atoms with E-state index in [1.54, 1.807) is 11.3 Å². The lowest BCUT2D eigenvalue weighted by molar-refractivity contribution is 0.431. The normalized spacial score (nSPS) is 12.7. The number of rotatable bonds is 7. The maximum Gasteiger partial charge on any atom is 0.0892 e. The highest BCUT2D eigenvalue weighted by molar-refractivity contribution is 7.14. The molecule has 0 radical (unpaired) electrons. The number of hydrogen-bond donors (Lipinski definition) is 1. The average molecular weight is 402 g/mol. The molecule has 0 aliphatic heterocycles. The van der Waals surface area contributed by atoms with E-state index in [1.807, 2.05) is 17.9 Å². The average Bonchev–Trinajstić information content (AvgIpc) is 3.37. The van der Waals surface area contributed by atoms with Crippen LogP contribution in [0.1, 0.15) is 25.0 Å². The highest BCUT2D eigenvalue weighted by Gasteiger charge is 2.31. The predicted molar refractivity (Wildman–Crippen MR) is 124 cm³/mol. The van der Waals surface area contributed by atoms with Crippen LogP contribution in [0.4, 0.5) is 5.00 Å². The summed E-state index contributed by atoms with van der Waals surface area (Å²) >= 11 is 1.75. The first-order valence-corrected chi connectivity index (χ1v) is 10.8. The van der Waals surface area contributed by atoms with E-state index in [0.717, 1.165) is 12.1 Å². The fourth-order valence-electron chi connectivity index (χ4n) is 3.78. The molecule has 0 saturated carbocycles. The van der Waals surface area contributed by atoms with Gasteiger partial charge in [0.1, 0.15) is 0 Å². The first-order chi connectivity index (χ1) is 14.0. The molecule has 2 heterocycles. The molecule has 4 aromatic rings. The van der Waals surface area contributed by atoms with Crippen LogP contribution in [0.5, 0.6) is 0 Å². The minimum Gasteiger partial charge on any atom is -0.373 e. The van der Waals surface area contributed by atoms with Gasteiger partial charge in [0.25, 0.3) is 0 Å². The molecule has 1 N–H and O–H groups in total. The quantitative estimate of drug-likeness (QED) is 0.402. The third-order valence-corrected chi connectivity index (χ3v) is 6.57. The van der Waals surface area contributed by atoms with Crippen LogP contribution in [0, 0.1) is 0 Å². The van der Waals surface area contributed by atoms with Gasteiger partial charge in [0.15, 0.2) is 0 Å². The molecule has 2 aromatic heterocycles. The van der Waals surface area contributed by atoms with Crippen LogP contribution >= 0.6 is 11.3 Å². The summed E-state index contributed by atoms with van der Waals surface area (Å²) in [4.78, 5) is 0. The van der Waals surface area contributed by atoms with Gasteiger partial charge in [0, 0.05) is 35.6 Å². The summed E-state index contributed by atoms with van der Waals surface area (Å²) in [5.74, 6) is 0. The SMILES string of the molecule is Cn1nccc1-c1csc(NC(Cc2ccccc2)C(C)(C)c2ccccc2)c1. The van der Waals surface area contributed by atoms with E-state index in [-0.39, 0.29) is 11.5 Å². The van der Waals surface area contributed by atoms with Crippen molar-refractivity contribution >= 4 is 16.3 Å². The van der Waals surface area contributed by atoms with Gasteiger partial charge in [-0.15, -0.1) is 11.3 Å². The lowest BCUT2D eigenvalue weighted by atomic mass is 9.75. The molecule has 0 spiro atoms. The molecule has 2 aromatic carbocycles. The van der Waals surface area contributed by atoms with E-state index in [2.05, 4.69) is 102 Å². The number of anilines is 1. The Bertz CT molecular complexity index is 1050. The predicted octanol–water partition coefficient (Wildman–Crippen LogP) is 6.15. The van der Waals surface area contributed by atoms with Gasteiger partial charge in [-0.1, -0.05) is 74.5 Å². The van der Waals surface area contributed by atoms with Crippen molar-refractivity contribution in [3.8, 4) is 11.3 Å². The van der Waals surface area contributed by atoms with Gasteiger partial charge in [-0.05, 0) is 29.7 Å². The molecule has 0 aliphatic carbocycles. The third kappa shape index (κ3) is 4.28. The summed E-state index contributed by atoms with van der Waals surface area (Å²) in [5.41, 5.74) is 4.99. The summed E-state index contributed by atoms with van der Waals surface area (Å²) in [6, 6.07) is 26.1. The Morgan fingerprint density at radius 2 is 1.69 bits per heavy atom. The standard InChI is InChI=1S/C25H27N3S/c1-25(2,21-12-8-5-9-13-21)23(16-19-10-6-4-7-11-19)27-24-17-20(18-29-24)22-14-15-26-28(22)3/h4-15,17-18,23,27H,16H2,1-3H3. The van der Waals surface area contributed by atoms with Crippen molar-refractivity contribution in [2.75, 3.05) is 5.32 Å². The first-order valence-electron chi connectivity index (χ1n) is 9.97. The van der Waals surface area contributed by atoms with E-state index in [0.29, 0.717) is 0 Å². The minimum atomic E-state index is -0.0339. The summed E-state index contributed by atoms with van der Waals surface area (Å²) < 4.78 is 1.92. The highest BCUT2D eigenvalue weighted by atomic mass is 32.1. The second-order valence-corrected chi connectivity index (χ2v) is 8.93. The zero-order valence-electron chi connectivity index (χ0n) is 17.2. The Morgan fingerprint density at radius 1 is 1.00 bits per heavy atom. The fourth-order valence-corrected chi connectivity index (χ4v) is 4.63. The van der Waals surface area contributed by atoms with Gasteiger partial charge in [-0.25, -0.2) is 0 Å². The van der Waals surface area contributed by atoms with Crippen LogP contribution in [0.15, 0.2) is 84.4 Å². The Morgan fingerprint density at radius 3 is 2.34 bits per heavy atom. The Balaban J connectivity index is 1.64. The van der Waals surface area contributed by atoms with Crippen molar-refractivity contribution in [1.29, 1.82) is 0 Å². The molecular weight excluding hydrogens is 374 g/mol. The fraction of sp³-hybridized carbons (Fsp3) is 0.240. The van der Waals surface area contributed by atoms with Gasteiger partial charge in [-0.2, -0.15) is 5.10 Å². The van der Waals surface area contributed by atoms with Gasteiger partial charge in [-0.3, -0.25) is 4.68 Å². The van der Waals surface area contributed by atoms with Crippen LogP contribution in [-0.2, 0) is 18.9 Å². The van der Waals surface area contributed by atoms with Crippen LogP contribution in [0.2, 0.25) is 0 Å². The number of hydrogen-bond acceptors (Lipinski definition) is 3. The molecule has 148 valence electrons. The molecule has 0 bridgehead atoms. The van der Waals surface area contributed by atoms with Crippen molar-refractivity contribution in [2.24, 2.45) is 7.05 Å². The maximum absolute atomic E-state index is 4.30. The number of nitrogens with zero attached hydrogens (tertiary/aromatic N) is 2. The summed E-state index contributed by atoms with van der Waals surface area (Å²) in [7, 11) is 1.98. The first kappa shape index (κ1) is 19.5. The van der Waals surface area contributed by atoms with E-state index in [1.165, 1.54) is 21.7 Å². The molecular formula is C25H27N3S. The Kier molecular flexibility index (Phi) is 5.54. The minimum absolute atomic E-state index is 0.0339. The largest absolute Gasteiger partial charge is 0.373 e. The van der Waals surface area contributed by atoms with Crippen LogP contribution in [0.3, 0.4) is 0 Å². The molecule has 4 heteroatoms. The smallest absolute Gasteiger partial charge is 0.0892 e. The van der Waals surface area contributed by atoms with E-state index < -0.39 is 0 Å². The number of benzene rings is 2. The Hall–Kier alpha value is -2.85. The lowest BCUT2D eigenvalue weighted by Gasteiger charge is -2.36. The van der Waals surface area contributed by atoms with Gasteiger partial charge in [0.2, 0.25) is 0 Å². The zero-order valence-corrected chi connectivity index (χ0v) is 18.0. The van der Waals surface area contributed by atoms with Crippen LogP contribution in [0.25, 0.3) is 11.3 Å². The lowest BCUT2D eigenvalue weighted by Crippen LogP contribution is -2.41. The van der Waals surface area contributed by atoms with Crippen molar-refractivity contribution in [1.82, 2.24) is 9.78 Å². The van der Waals surface area contributed by atoms with Crippen LogP contribution in [-0.4, -0.2) is 15.8 Å². The van der Waals surface area contributed by atoms with Crippen molar-refractivity contribution in [2.45, 2.75) is 31.7 Å². The van der Waals surface area contributed by atoms with Gasteiger partial charge < -0.3 is 5.32 Å². The molecule has 3 nitrogen and oxygen atoms in total. The third-order valence-electron chi connectivity index (χ3n) is 5.70. The number of aryl methyl sites for hydroxylation is 1. The van der Waals surface area contributed by atoms with E-state index in [9.17, 15) is 0 Å². The zero-order chi connectivity index (χ0) is 20.3. The molecule has 1 atom stereocenters. The number of aromatic nitrogens is 2. The van der Waals surface area contributed by atoms with Gasteiger partial charge >= 0.3 is 0 Å². The summed E-state index contributed by atoms with van der Waals surface area (Å²) in [6.45, 7) is 4.66. The highest BCUT2D eigenvalue weighted by Crippen LogP contribution is 2.35. The number of thiophene rings is 1. The van der Waals surface area contributed by atoms with E-state index in [4.69, 9.17) is 0 Å². The van der Waals surface area contributed by atoms with Crippen molar-refractivity contribution < 1.29 is 0 Å². The summed E-state index contributed by atoms with van der Waals surface area (Å²) in [5, 5.41) is 11.5. The second-order valence-electron chi connectivity index (χ2n) is 8.01. The number of nitrogens with one attached hydrogen (secondary N) is 1. The second kappa shape index (κ2) is 8.26. The van der Waals surface area contributed by atoms with E-state index >= 15 is 0 Å². The molecule has 4 rings (SSSR count). The topological polar surface area (TPSA) is 29.9 Å². The van der Waals surface area contributed by atoms with Crippen molar-refractivity contribution in [3.63, 3.8) is 0 Å². The molecule has 0 amide bonds. The van der Waals surface area contributed by atoms with Crippen LogP contribution < -0.4 is 5.32 Å². The maximum atomic E-state index is 4.30. The Labute approximate surface area is 177 Å². The van der Waals surface area contributed by atoms with Crippen molar-refractivity contribution in [3.05, 3.63) is 95.5 Å². The molecule has 0 aliphatic rings. The molecule has 1 unspecified atom stereocenters. The summed E-state index contributed by atoms with van der Waals surface area (Å²) in [6.07, 6.45) is 2.80. The molecule has 29 heavy (non-hydrogen) atoms. The monoisotopic (exact) mass is 401 g/mol. The molecule has 0 saturated heterocycles. The molecule has 0 fully saturated rings.